The van der Waals surface area contributed by atoms with Crippen LogP contribution in [0.1, 0.15) is 12.8 Å². The molecule has 1 aliphatic carbocycles. The van der Waals surface area contributed by atoms with E-state index in [1.807, 2.05) is 0 Å². The smallest absolute Gasteiger partial charge is 0.239 e. The van der Waals surface area contributed by atoms with E-state index in [4.69, 9.17) is 4.74 Å². The molecule has 1 aromatic carbocycles. The minimum Gasteiger partial charge on any atom is -0.494 e. The summed E-state index contributed by atoms with van der Waals surface area (Å²) < 4.78 is 18.0. The van der Waals surface area contributed by atoms with Crippen LogP contribution in [0.25, 0.3) is 0 Å². The average Bonchev–Trinajstić information content (AvgIpc) is 3.18. The Kier molecular flexibility index (Phi) is 4.02. The van der Waals surface area contributed by atoms with E-state index in [2.05, 4.69) is 10.6 Å². The summed E-state index contributed by atoms with van der Waals surface area (Å²) in [4.78, 5) is 11.5. The van der Waals surface area contributed by atoms with Gasteiger partial charge in [0.05, 0.1) is 19.3 Å². The monoisotopic (exact) mass is 252 g/mol. The molecular weight excluding hydrogens is 235 g/mol. The van der Waals surface area contributed by atoms with Gasteiger partial charge in [0, 0.05) is 12.6 Å². The molecule has 1 fully saturated rings. The summed E-state index contributed by atoms with van der Waals surface area (Å²) in [5.41, 5.74) is 0.612. The summed E-state index contributed by atoms with van der Waals surface area (Å²) in [5, 5.41) is 5.78. The van der Waals surface area contributed by atoms with Crippen LogP contribution in [0.15, 0.2) is 18.2 Å². The molecule has 0 heterocycles. The molecule has 1 aromatic rings. The molecule has 0 aromatic heterocycles. The molecule has 0 aliphatic heterocycles. The molecule has 1 aliphatic rings. The van der Waals surface area contributed by atoms with Crippen LogP contribution in [-0.4, -0.2) is 26.1 Å². The summed E-state index contributed by atoms with van der Waals surface area (Å²) in [6.07, 6.45) is 2.42. The first kappa shape index (κ1) is 12.7. The summed E-state index contributed by atoms with van der Waals surface area (Å²) in [5.74, 6) is 0.628. The van der Waals surface area contributed by atoms with E-state index >= 15 is 0 Å². The van der Waals surface area contributed by atoms with Crippen molar-refractivity contribution in [1.29, 1.82) is 0 Å². The minimum absolute atomic E-state index is 0.0618. The van der Waals surface area contributed by atoms with Gasteiger partial charge in [0.15, 0.2) is 0 Å². The number of ether oxygens (including phenoxy) is 1. The SMILES string of the molecule is COc1cc(F)ccc1NCC(=O)NCC1CC1. The van der Waals surface area contributed by atoms with E-state index in [0.29, 0.717) is 17.4 Å². The first-order valence-corrected chi connectivity index (χ1v) is 6.03. The summed E-state index contributed by atoms with van der Waals surface area (Å²) in [6, 6.07) is 4.17. The maximum Gasteiger partial charge on any atom is 0.239 e. The van der Waals surface area contributed by atoms with Gasteiger partial charge in [0.1, 0.15) is 11.6 Å². The van der Waals surface area contributed by atoms with Gasteiger partial charge in [-0.2, -0.15) is 0 Å². The van der Waals surface area contributed by atoms with E-state index in [-0.39, 0.29) is 18.3 Å². The fraction of sp³-hybridized carbons (Fsp3) is 0.462. The Labute approximate surface area is 106 Å². The van der Waals surface area contributed by atoms with Crippen molar-refractivity contribution >= 4 is 11.6 Å². The number of hydrogen-bond acceptors (Lipinski definition) is 3. The summed E-state index contributed by atoms with van der Waals surface area (Å²) in [7, 11) is 1.47. The van der Waals surface area contributed by atoms with Gasteiger partial charge in [0.2, 0.25) is 5.91 Å². The highest BCUT2D eigenvalue weighted by Gasteiger charge is 2.21. The number of nitrogens with one attached hydrogen (secondary N) is 2. The normalized spacial score (nSPS) is 14.1. The zero-order valence-electron chi connectivity index (χ0n) is 10.3. The van der Waals surface area contributed by atoms with Gasteiger partial charge in [-0.3, -0.25) is 4.79 Å². The van der Waals surface area contributed by atoms with E-state index in [9.17, 15) is 9.18 Å². The fourth-order valence-electron chi connectivity index (χ4n) is 1.63. The molecule has 0 saturated heterocycles. The van der Waals surface area contributed by atoms with E-state index < -0.39 is 0 Å². The lowest BCUT2D eigenvalue weighted by molar-refractivity contribution is -0.119. The Morgan fingerprint density at radius 3 is 2.94 bits per heavy atom. The van der Waals surface area contributed by atoms with Crippen LogP contribution in [0.3, 0.4) is 0 Å². The maximum atomic E-state index is 13.0. The van der Waals surface area contributed by atoms with Crippen molar-refractivity contribution in [1.82, 2.24) is 5.32 Å². The van der Waals surface area contributed by atoms with Crippen LogP contribution in [0, 0.1) is 11.7 Å². The zero-order valence-corrected chi connectivity index (χ0v) is 10.3. The highest BCUT2D eigenvalue weighted by atomic mass is 19.1. The number of carbonyl (C=O) groups is 1. The first-order chi connectivity index (χ1) is 8.69. The van der Waals surface area contributed by atoms with Gasteiger partial charge in [-0.15, -0.1) is 0 Å². The van der Waals surface area contributed by atoms with Crippen molar-refractivity contribution < 1.29 is 13.9 Å². The molecule has 1 saturated carbocycles. The number of benzene rings is 1. The van der Waals surface area contributed by atoms with Gasteiger partial charge in [-0.05, 0) is 30.9 Å². The highest BCUT2D eigenvalue weighted by Crippen LogP contribution is 2.27. The average molecular weight is 252 g/mol. The Hall–Kier alpha value is -1.78. The van der Waals surface area contributed by atoms with Crippen LogP contribution < -0.4 is 15.4 Å². The van der Waals surface area contributed by atoms with Gasteiger partial charge in [-0.1, -0.05) is 0 Å². The van der Waals surface area contributed by atoms with Crippen molar-refractivity contribution in [3.05, 3.63) is 24.0 Å². The molecule has 18 heavy (non-hydrogen) atoms. The van der Waals surface area contributed by atoms with Crippen LogP contribution in [0.5, 0.6) is 5.75 Å². The lowest BCUT2D eigenvalue weighted by atomic mass is 10.3. The van der Waals surface area contributed by atoms with Crippen molar-refractivity contribution in [3.8, 4) is 5.75 Å². The number of anilines is 1. The van der Waals surface area contributed by atoms with Crippen LogP contribution >= 0.6 is 0 Å². The topological polar surface area (TPSA) is 50.4 Å². The highest BCUT2D eigenvalue weighted by molar-refractivity contribution is 5.81. The van der Waals surface area contributed by atoms with E-state index in [1.54, 1.807) is 6.07 Å². The standard InChI is InChI=1S/C13H17FN2O2/c1-18-12-6-10(14)4-5-11(12)15-8-13(17)16-7-9-2-3-9/h4-6,9,15H,2-3,7-8H2,1H3,(H,16,17). The second kappa shape index (κ2) is 5.71. The molecule has 0 atom stereocenters. The number of methoxy groups -OCH3 is 1. The van der Waals surface area contributed by atoms with Crippen LogP contribution in [0.4, 0.5) is 10.1 Å². The lowest BCUT2D eigenvalue weighted by Crippen LogP contribution is -2.31. The third-order valence-corrected chi connectivity index (χ3v) is 2.89. The number of halogens is 1. The molecule has 1 amide bonds. The third-order valence-electron chi connectivity index (χ3n) is 2.89. The second-order valence-corrected chi connectivity index (χ2v) is 4.45. The third kappa shape index (κ3) is 3.61. The van der Waals surface area contributed by atoms with Crippen molar-refractivity contribution in [2.45, 2.75) is 12.8 Å². The second-order valence-electron chi connectivity index (χ2n) is 4.45. The fourth-order valence-corrected chi connectivity index (χ4v) is 1.63. The molecule has 4 nitrogen and oxygen atoms in total. The number of carbonyl (C=O) groups excluding carboxylic acids is 1. The van der Waals surface area contributed by atoms with Gasteiger partial charge >= 0.3 is 0 Å². The number of rotatable bonds is 6. The Morgan fingerprint density at radius 1 is 1.50 bits per heavy atom. The van der Waals surface area contributed by atoms with Gasteiger partial charge in [0.25, 0.3) is 0 Å². The first-order valence-electron chi connectivity index (χ1n) is 6.03. The summed E-state index contributed by atoms with van der Waals surface area (Å²) >= 11 is 0. The maximum absolute atomic E-state index is 13.0. The Morgan fingerprint density at radius 2 is 2.28 bits per heavy atom. The van der Waals surface area contributed by atoms with Crippen LogP contribution in [0.2, 0.25) is 0 Å². The van der Waals surface area contributed by atoms with Crippen molar-refractivity contribution in [3.63, 3.8) is 0 Å². The largest absolute Gasteiger partial charge is 0.494 e. The van der Waals surface area contributed by atoms with Crippen LogP contribution in [-0.2, 0) is 4.79 Å². The molecule has 5 heteroatoms. The molecule has 2 rings (SSSR count). The predicted molar refractivity (Wildman–Crippen MR) is 67.2 cm³/mol. The quantitative estimate of drug-likeness (QED) is 0.811. The Balaban J connectivity index is 1.82. The zero-order chi connectivity index (χ0) is 13.0. The number of amides is 1. The molecule has 0 bridgehead atoms. The predicted octanol–water partition coefficient (Wildman–Crippen LogP) is 1.77. The minimum atomic E-state index is -0.365. The molecular formula is C13H17FN2O2. The summed E-state index contributed by atoms with van der Waals surface area (Å²) in [6.45, 7) is 0.912. The van der Waals surface area contributed by atoms with Gasteiger partial charge in [-0.25, -0.2) is 4.39 Å². The molecule has 0 radical (unpaired) electrons. The van der Waals surface area contributed by atoms with E-state index in [1.165, 1.54) is 32.1 Å². The van der Waals surface area contributed by atoms with Crippen molar-refractivity contribution in [2.24, 2.45) is 5.92 Å². The van der Waals surface area contributed by atoms with Gasteiger partial charge < -0.3 is 15.4 Å². The molecule has 98 valence electrons. The molecule has 0 spiro atoms. The lowest BCUT2D eigenvalue weighted by Gasteiger charge is -2.11. The Bertz CT molecular complexity index is 433. The van der Waals surface area contributed by atoms with E-state index in [0.717, 1.165) is 6.54 Å². The molecule has 0 unspecified atom stereocenters. The van der Waals surface area contributed by atoms with Crippen molar-refractivity contribution in [2.75, 3.05) is 25.5 Å². The number of hydrogen-bond donors (Lipinski definition) is 2. The molecule has 2 N–H and O–H groups in total.